The Balaban J connectivity index is 2.42. The third-order valence-corrected chi connectivity index (χ3v) is 2.98. The van der Waals surface area contributed by atoms with Gasteiger partial charge in [0.15, 0.2) is 0 Å². The van der Waals surface area contributed by atoms with Gasteiger partial charge in [0.05, 0.1) is 11.6 Å². The smallest absolute Gasteiger partial charge is 0.355 e. The molecule has 0 radical (unpaired) electrons. The third-order valence-electron chi connectivity index (χ3n) is 2.98. The minimum atomic E-state index is -0.544. The van der Waals surface area contributed by atoms with Gasteiger partial charge >= 0.3 is 5.97 Å². The number of aromatic amines is 1. The van der Waals surface area contributed by atoms with Crippen LogP contribution in [0.5, 0.6) is 0 Å². The summed E-state index contributed by atoms with van der Waals surface area (Å²) >= 11 is 0. The van der Waals surface area contributed by atoms with Gasteiger partial charge in [-0.3, -0.25) is 0 Å². The van der Waals surface area contributed by atoms with Gasteiger partial charge in [-0.1, -0.05) is 12.1 Å². The molecule has 0 unspecified atom stereocenters. The summed E-state index contributed by atoms with van der Waals surface area (Å²) in [6.45, 7) is 7.43. The number of carbonyl (C=O) groups excluding carboxylic acids is 1. The molecule has 0 atom stereocenters. The lowest BCUT2D eigenvalue weighted by Gasteiger charge is -2.19. The number of benzene rings is 1. The highest BCUT2D eigenvalue weighted by Gasteiger charge is 2.23. The second-order valence-electron chi connectivity index (χ2n) is 5.91. The zero-order valence-electron chi connectivity index (χ0n) is 12.7. The Morgan fingerprint density at radius 3 is 2.38 bits per heavy atom. The van der Waals surface area contributed by atoms with Crippen molar-refractivity contribution in [1.29, 1.82) is 5.26 Å². The van der Waals surface area contributed by atoms with E-state index in [2.05, 4.69) is 11.1 Å². The van der Waals surface area contributed by atoms with Gasteiger partial charge < -0.3 is 9.72 Å². The number of nitrogens with zero attached hydrogens (tertiary/aromatic N) is 1. The molecule has 2 aromatic rings. The first-order chi connectivity index (χ1) is 9.81. The lowest BCUT2D eigenvalue weighted by Crippen LogP contribution is -2.24. The molecule has 21 heavy (non-hydrogen) atoms. The molecule has 1 aromatic carbocycles. The van der Waals surface area contributed by atoms with Crippen LogP contribution in [0.4, 0.5) is 0 Å². The molecular weight excluding hydrogens is 264 g/mol. The predicted molar refractivity (Wildman–Crippen MR) is 80.8 cm³/mol. The molecule has 0 saturated heterocycles. The van der Waals surface area contributed by atoms with Crippen LogP contribution in [0.1, 0.15) is 42.4 Å². The molecule has 0 aliphatic heterocycles. The molecular formula is C17H18N2O2. The summed E-state index contributed by atoms with van der Waals surface area (Å²) in [6.07, 6.45) is 1.78. The number of hydrogen-bond donors (Lipinski definition) is 1. The SMILES string of the molecule is Cc1c[nH]c(C(=O)OC(C)(C)C)c1-c1ccc(C#N)cc1. The molecule has 1 heterocycles. The summed E-state index contributed by atoms with van der Waals surface area (Å²) in [4.78, 5) is 15.3. The van der Waals surface area contributed by atoms with Gasteiger partial charge in [0.25, 0.3) is 0 Å². The Bertz CT molecular complexity index is 698. The van der Waals surface area contributed by atoms with Gasteiger partial charge in [0.2, 0.25) is 0 Å². The minimum Gasteiger partial charge on any atom is -0.455 e. The first-order valence-corrected chi connectivity index (χ1v) is 6.73. The molecule has 2 rings (SSSR count). The average Bonchev–Trinajstić information content (AvgIpc) is 2.79. The van der Waals surface area contributed by atoms with Crippen molar-refractivity contribution in [2.75, 3.05) is 0 Å². The lowest BCUT2D eigenvalue weighted by molar-refractivity contribution is 0.00645. The maximum absolute atomic E-state index is 12.3. The zero-order chi connectivity index (χ0) is 15.6. The van der Waals surface area contributed by atoms with E-state index >= 15 is 0 Å². The van der Waals surface area contributed by atoms with Crippen molar-refractivity contribution in [2.24, 2.45) is 0 Å². The van der Waals surface area contributed by atoms with E-state index in [9.17, 15) is 4.79 Å². The maximum atomic E-state index is 12.3. The van der Waals surface area contributed by atoms with E-state index in [1.807, 2.05) is 39.8 Å². The first kappa shape index (κ1) is 14.9. The number of aryl methyl sites for hydroxylation is 1. The number of rotatable bonds is 2. The van der Waals surface area contributed by atoms with Gasteiger partial charge in [-0.2, -0.15) is 5.26 Å². The predicted octanol–water partition coefficient (Wildman–Crippen LogP) is 3.82. The molecule has 1 aromatic heterocycles. The maximum Gasteiger partial charge on any atom is 0.355 e. The number of nitrogens with one attached hydrogen (secondary N) is 1. The van der Waals surface area contributed by atoms with Gasteiger partial charge in [0.1, 0.15) is 11.3 Å². The van der Waals surface area contributed by atoms with E-state index in [-0.39, 0.29) is 5.97 Å². The highest BCUT2D eigenvalue weighted by Crippen LogP contribution is 2.28. The topological polar surface area (TPSA) is 65.9 Å². The van der Waals surface area contributed by atoms with Gasteiger partial charge in [0, 0.05) is 11.8 Å². The molecule has 4 heteroatoms. The van der Waals surface area contributed by atoms with Crippen molar-refractivity contribution in [1.82, 2.24) is 4.98 Å². The summed E-state index contributed by atoms with van der Waals surface area (Å²) in [5.41, 5.74) is 3.14. The molecule has 0 bridgehead atoms. The second kappa shape index (κ2) is 5.45. The van der Waals surface area contributed by atoms with Crippen molar-refractivity contribution >= 4 is 5.97 Å². The van der Waals surface area contributed by atoms with Crippen LogP contribution in [0.15, 0.2) is 30.5 Å². The number of esters is 1. The quantitative estimate of drug-likeness (QED) is 0.851. The third kappa shape index (κ3) is 3.32. The number of nitriles is 1. The fourth-order valence-electron chi connectivity index (χ4n) is 2.10. The van der Waals surface area contributed by atoms with Crippen LogP contribution >= 0.6 is 0 Å². The molecule has 0 saturated carbocycles. The van der Waals surface area contributed by atoms with Gasteiger partial charge in [-0.25, -0.2) is 4.79 Å². The standard InChI is InChI=1S/C17H18N2O2/c1-11-10-19-15(16(20)21-17(2,3)4)14(11)13-7-5-12(9-18)6-8-13/h5-8,10,19H,1-4H3. The Kier molecular flexibility index (Phi) is 3.86. The van der Waals surface area contributed by atoms with Crippen LogP contribution in [0, 0.1) is 18.3 Å². The monoisotopic (exact) mass is 282 g/mol. The summed E-state index contributed by atoms with van der Waals surface area (Å²) in [5, 5.41) is 8.85. The first-order valence-electron chi connectivity index (χ1n) is 6.73. The lowest BCUT2D eigenvalue weighted by atomic mass is 10.0. The summed E-state index contributed by atoms with van der Waals surface area (Å²) in [6, 6.07) is 9.23. The Labute approximate surface area is 124 Å². The molecule has 1 N–H and O–H groups in total. The molecule has 0 aliphatic carbocycles. The van der Waals surface area contributed by atoms with E-state index in [4.69, 9.17) is 10.00 Å². The van der Waals surface area contributed by atoms with Crippen molar-refractivity contribution in [2.45, 2.75) is 33.3 Å². The highest BCUT2D eigenvalue weighted by molar-refractivity contribution is 5.96. The van der Waals surface area contributed by atoms with Crippen LogP contribution < -0.4 is 0 Å². The van der Waals surface area contributed by atoms with Crippen LogP contribution in [-0.4, -0.2) is 16.6 Å². The fourth-order valence-corrected chi connectivity index (χ4v) is 2.10. The van der Waals surface area contributed by atoms with E-state index in [0.717, 1.165) is 16.7 Å². The summed E-state index contributed by atoms with van der Waals surface area (Å²) in [5.74, 6) is -0.380. The highest BCUT2D eigenvalue weighted by atomic mass is 16.6. The number of carbonyl (C=O) groups is 1. The van der Waals surface area contributed by atoms with Crippen LogP contribution in [0.25, 0.3) is 11.1 Å². The summed E-state index contributed by atoms with van der Waals surface area (Å²) in [7, 11) is 0. The molecule has 108 valence electrons. The van der Waals surface area contributed by atoms with E-state index in [1.165, 1.54) is 0 Å². The van der Waals surface area contributed by atoms with Crippen LogP contribution in [0.3, 0.4) is 0 Å². The average molecular weight is 282 g/mol. The molecule has 4 nitrogen and oxygen atoms in total. The van der Waals surface area contributed by atoms with Crippen molar-refractivity contribution in [3.05, 3.63) is 47.3 Å². The van der Waals surface area contributed by atoms with Crippen LogP contribution in [0.2, 0.25) is 0 Å². The van der Waals surface area contributed by atoms with Gasteiger partial charge in [-0.15, -0.1) is 0 Å². The normalized spacial score (nSPS) is 11.0. The number of H-pyrrole nitrogens is 1. The zero-order valence-corrected chi connectivity index (χ0v) is 12.7. The van der Waals surface area contributed by atoms with Crippen molar-refractivity contribution in [3.63, 3.8) is 0 Å². The molecule has 0 fully saturated rings. The number of aromatic nitrogens is 1. The molecule has 0 aliphatic rings. The number of ether oxygens (including phenoxy) is 1. The van der Waals surface area contributed by atoms with E-state index < -0.39 is 5.60 Å². The Morgan fingerprint density at radius 1 is 1.24 bits per heavy atom. The second-order valence-corrected chi connectivity index (χ2v) is 5.91. The van der Waals surface area contributed by atoms with Crippen molar-refractivity contribution in [3.8, 4) is 17.2 Å². The van der Waals surface area contributed by atoms with Crippen molar-refractivity contribution < 1.29 is 9.53 Å². The Morgan fingerprint density at radius 2 is 1.86 bits per heavy atom. The summed E-state index contributed by atoms with van der Waals surface area (Å²) < 4.78 is 5.42. The van der Waals surface area contributed by atoms with E-state index in [1.54, 1.807) is 18.3 Å². The largest absolute Gasteiger partial charge is 0.455 e. The van der Waals surface area contributed by atoms with Crippen LogP contribution in [-0.2, 0) is 4.74 Å². The fraction of sp³-hybridized carbons (Fsp3) is 0.294. The Hall–Kier alpha value is -2.54. The minimum absolute atomic E-state index is 0.380. The molecule has 0 spiro atoms. The molecule has 0 amide bonds. The number of hydrogen-bond acceptors (Lipinski definition) is 3. The van der Waals surface area contributed by atoms with Gasteiger partial charge in [-0.05, 0) is 51.0 Å². The van der Waals surface area contributed by atoms with E-state index in [0.29, 0.717) is 11.3 Å².